The number of hydrogen-bond donors (Lipinski definition) is 5. The Hall–Kier alpha value is -0.790. The van der Waals surface area contributed by atoms with Gasteiger partial charge in [-0.2, -0.15) is 10.7 Å². The number of nitrogens with zero attached hydrogens (tertiary/aromatic N) is 1. The van der Waals surface area contributed by atoms with Crippen molar-refractivity contribution in [3.63, 3.8) is 0 Å². The van der Waals surface area contributed by atoms with Gasteiger partial charge in [-0.1, -0.05) is 0 Å². The molecule has 0 aromatic heterocycles. The average molecular weight is 259 g/mol. The fraction of sp³-hybridized carbons (Fsp3) is 0.900. The smallest absolute Gasteiger partial charge is 0.239 e. The molecule has 2 fully saturated rings. The van der Waals surface area contributed by atoms with E-state index in [1.54, 1.807) is 0 Å². The van der Waals surface area contributed by atoms with Gasteiger partial charge in [-0.3, -0.25) is 0 Å². The summed E-state index contributed by atoms with van der Waals surface area (Å²) in [5.41, 5.74) is 2.62. The SMILES string of the molecule is N#CC1CC[NH+]([C@@H]2O[C@H](CO)[C@@H](O)[C@H]2O)NC1[O-]. The van der Waals surface area contributed by atoms with Crippen molar-refractivity contribution in [1.29, 1.82) is 5.26 Å². The highest BCUT2D eigenvalue weighted by molar-refractivity contribution is 4.88. The maximum absolute atomic E-state index is 11.6. The summed E-state index contributed by atoms with van der Waals surface area (Å²) >= 11 is 0. The zero-order chi connectivity index (χ0) is 13.3. The molecule has 102 valence electrons. The maximum Gasteiger partial charge on any atom is 0.239 e. The lowest BCUT2D eigenvalue weighted by atomic mass is 10.0. The molecule has 2 saturated heterocycles. The van der Waals surface area contributed by atoms with Gasteiger partial charge in [0.2, 0.25) is 6.23 Å². The van der Waals surface area contributed by atoms with Crippen LogP contribution in [-0.2, 0) is 4.74 Å². The first-order valence-electron chi connectivity index (χ1n) is 5.88. The van der Waals surface area contributed by atoms with Gasteiger partial charge in [0.25, 0.3) is 0 Å². The highest BCUT2D eigenvalue weighted by atomic mass is 16.6. The lowest BCUT2D eigenvalue weighted by Crippen LogP contribution is -3.25. The number of hydrogen-bond acceptors (Lipinski definition) is 7. The highest BCUT2D eigenvalue weighted by Crippen LogP contribution is 2.18. The number of aliphatic hydroxyl groups is 3. The van der Waals surface area contributed by atoms with E-state index in [0.717, 1.165) is 0 Å². The quantitative estimate of drug-likeness (QED) is 0.335. The Morgan fingerprint density at radius 3 is 2.67 bits per heavy atom. The zero-order valence-electron chi connectivity index (χ0n) is 9.69. The Bertz CT molecular complexity index is 336. The molecule has 8 nitrogen and oxygen atoms in total. The van der Waals surface area contributed by atoms with Crippen molar-refractivity contribution in [2.45, 2.75) is 37.2 Å². The number of aliphatic hydroxyl groups excluding tert-OH is 3. The van der Waals surface area contributed by atoms with Gasteiger partial charge in [0, 0.05) is 6.42 Å². The first-order chi connectivity index (χ1) is 8.58. The predicted octanol–water partition coefficient (Wildman–Crippen LogP) is -4.96. The third-order valence-corrected chi connectivity index (χ3v) is 3.47. The van der Waals surface area contributed by atoms with E-state index in [1.165, 1.54) is 0 Å². The fourth-order valence-electron chi connectivity index (χ4n) is 2.36. The van der Waals surface area contributed by atoms with E-state index < -0.39 is 43.3 Å². The van der Waals surface area contributed by atoms with Gasteiger partial charge in [0.1, 0.15) is 12.2 Å². The van der Waals surface area contributed by atoms with Crippen LogP contribution in [-0.4, -0.2) is 59.2 Å². The molecule has 2 aliphatic rings. The molecular formula is C10H17N3O5. The second kappa shape index (κ2) is 5.46. The minimum atomic E-state index is -1.25. The van der Waals surface area contributed by atoms with Crippen LogP contribution >= 0.6 is 0 Å². The molecule has 2 heterocycles. The van der Waals surface area contributed by atoms with Crippen molar-refractivity contribution in [1.82, 2.24) is 5.43 Å². The normalized spacial score (nSPS) is 48.9. The van der Waals surface area contributed by atoms with Crippen molar-refractivity contribution in [2.24, 2.45) is 5.92 Å². The second-order valence-corrected chi connectivity index (χ2v) is 4.62. The van der Waals surface area contributed by atoms with E-state index in [1.807, 2.05) is 6.07 Å². The van der Waals surface area contributed by atoms with E-state index >= 15 is 0 Å². The van der Waals surface area contributed by atoms with Gasteiger partial charge in [-0.15, -0.1) is 0 Å². The van der Waals surface area contributed by atoms with Crippen LogP contribution in [0.1, 0.15) is 6.42 Å². The fourth-order valence-corrected chi connectivity index (χ4v) is 2.36. The molecule has 0 radical (unpaired) electrons. The van der Waals surface area contributed by atoms with Crippen LogP contribution in [0, 0.1) is 17.2 Å². The summed E-state index contributed by atoms with van der Waals surface area (Å²) in [6.07, 6.45) is -4.85. The number of quaternary nitrogens is 1. The predicted molar refractivity (Wildman–Crippen MR) is 54.2 cm³/mol. The maximum atomic E-state index is 11.6. The third-order valence-electron chi connectivity index (χ3n) is 3.47. The zero-order valence-corrected chi connectivity index (χ0v) is 9.69. The molecule has 18 heavy (non-hydrogen) atoms. The van der Waals surface area contributed by atoms with Crippen molar-refractivity contribution in [3.05, 3.63) is 0 Å². The highest BCUT2D eigenvalue weighted by Gasteiger charge is 2.49. The molecule has 0 aromatic rings. The topological polar surface area (TPSA) is 133 Å². The van der Waals surface area contributed by atoms with Gasteiger partial charge in [0.05, 0.1) is 25.1 Å². The van der Waals surface area contributed by atoms with E-state index in [0.29, 0.717) is 18.0 Å². The van der Waals surface area contributed by atoms with Crippen molar-refractivity contribution in [2.75, 3.05) is 13.2 Å². The number of rotatable bonds is 2. The van der Waals surface area contributed by atoms with Crippen molar-refractivity contribution in [3.8, 4) is 6.07 Å². The number of nitriles is 1. The number of ether oxygens (including phenoxy) is 1. The first kappa shape index (κ1) is 13.6. The molecule has 0 saturated carbocycles. The summed E-state index contributed by atoms with van der Waals surface area (Å²) in [5.74, 6) is -0.606. The molecule has 2 aliphatic heterocycles. The van der Waals surface area contributed by atoms with Gasteiger partial charge >= 0.3 is 0 Å². The number of nitrogens with one attached hydrogen (secondary N) is 2. The van der Waals surface area contributed by atoms with Crippen LogP contribution in [0.2, 0.25) is 0 Å². The monoisotopic (exact) mass is 259 g/mol. The summed E-state index contributed by atoms with van der Waals surface area (Å²) in [7, 11) is 0. The molecule has 0 spiro atoms. The Morgan fingerprint density at radius 1 is 1.44 bits per heavy atom. The first-order valence-corrected chi connectivity index (χ1v) is 5.88. The second-order valence-electron chi connectivity index (χ2n) is 4.62. The average Bonchev–Trinajstić information content (AvgIpc) is 2.66. The Labute approximate surface area is 104 Å². The lowest BCUT2D eigenvalue weighted by molar-refractivity contribution is -1.01. The summed E-state index contributed by atoms with van der Waals surface area (Å²) in [4.78, 5) is 0. The Balaban J connectivity index is 1.99. The minimum Gasteiger partial charge on any atom is -0.836 e. The molecule has 8 heteroatoms. The molecule has 2 rings (SSSR count). The van der Waals surface area contributed by atoms with Crippen molar-refractivity contribution < 1.29 is 30.2 Å². The van der Waals surface area contributed by atoms with Crippen LogP contribution in [0.25, 0.3) is 0 Å². The summed E-state index contributed by atoms with van der Waals surface area (Å²) in [6, 6.07) is 1.92. The van der Waals surface area contributed by atoms with Crippen LogP contribution in [0.4, 0.5) is 0 Å². The lowest BCUT2D eigenvalue weighted by Gasteiger charge is -2.39. The van der Waals surface area contributed by atoms with E-state index in [2.05, 4.69) is 5.43 Å². The Kier molecular flexibility index (Phi) is 4.14. The summed E-state index contributed by atoms with van der Waals surface area (Å²) in [6.45, 7) is 0.0349. The molecule has 0 amide bonds. The van der Waals surface area contributed by atoms with Crippen LogP contribution in [0.3, 0.4) is 0 Å². The molecule has 3 unspecified atom stereocenters. The van der Waals surface area contributed by atoms with E-state index in [-0.39, 0.29) is 0 Å². The van der Waals surface area contributed by atoms with Gasteiger partial charge in [-0.25, -0.2) is 5.01 Å². The van der Waals surface area contributed by atoms with Crippen LogP contribution in [0.5, 0.6) is 0 Å². The summed E-state index contributed by atoms with van der Waals surface area (Å²) < 4.78 is 5.32. The van der Waals surface area contributed by atoms with E-state index in [9.17, 15) is 15.3 Å². The van der Waals surface area contributed by atoms with Gasteiger partial charge in [-0.05, 0) is 6.23 Å². The molecule has 0 aromatic carbocycles. The Morgan fingerprint density at radius 2 is 2.17 bits per heavy atom. The van der Waals surface area contributed by atoms with Gasteiger partial charge < -0.3 is 25.2 Å². The molecule has 5 N–H and O–H groups in total. The summed E-state index contributed by atoms with van der Waals surface area (Å²) in [5, 5.41) is 49.2. The van der Waals surface area contributed by atoms with Crippen LogP contribution in [0.15, 0.2) is 0 Å². The third kappa shape index (κ3) is 2.34. The molecular weight excluding hydrogens is 242 g/mol. The van der Waals surface area contributed by atoms with Crippen LogP contribution < -0.4 is 15.5 Å². The molecule has 0 aliphatic carbocycles. The molecule has 0 bridgehead atoms. The van der Waals surface area contributed by atoms with E-state index in [4.69, 9.17) is 15.1 Å². The van der Waals surface area contributed by atoms with Crippen molar-refractivity contribution >= 4 is 0 Å². The minimum absolute atomic E-state index is 0.399. The van der Waals surface area contributed by atoms with Gasteiger partial charge in [0.15, 0.2) is 6.10 Å². The molecule has 7 atom stereocenters. The largest absolute Gasteiger partial charge is 0.836 e. The standard InChI is InChI=1S/C10H16N3O5/c11-3-5-1-2-13(12-9(5)17)10-8(16)7(15)6(4-14)18-10/h5-10,12,14-16H,1-2,4H2/q-1/p+1/t5?,6-,7-,8-,9?,10-/m1/s1.